The van der Waals surface area contributed by atoms with Crippen LogP contribution in [-0.2, 0) is 0 Å². The first-order valence-corrected chi connectivity index (χ1v) is 14.0. The van der Waals surface area contributed by atoms with Crippen molar-refractivity contribution in [3.05, 3.63) is 71.4 Å². The van der Waals surface area contributed by atoms with Crippen LogP contribution in [0.15, 0.2) is 48.7 Å². The molecule has 3 saturated carbocycles. The number of carbonyl (C=O) groups excluding carboxylic acids is 1. The molecule has 38 heavy (non-hydrogen) atoms. The van der Waals surface area contributed by atoms with E-state index in [2.05, 4.69) is 21.4 Å². The van der Waals surface area contributed by atoms with Crippen LogP contribution in [-0.4, -0.2) is 38.1 Å². The molecule has 1 amide bonds. The standard InChI is InChI=1S/C31H33FN4O2/c32-21-8-10-26-25(14-21)24(11-12-33-26)17-1-3-18(4-2-17)29(19-5-6-19)30-35-27-9-7-20(13-28(27)36-30)31(38)34-22-15-23(37)16-22/h7-14,17-19,22-23,29,37H,1-6,15-16H2,(H,34,38)(H,35,36)/t17-,18+,22?,23?,29?. The first-order chi connectivity index (χ1) is 18.5. The van der Waals surface area contributed by atoms with Crippen molar-refractivity contribution < 1.29 is 14.3 Å². The lowest BCUT2D eigenvalue weighted by atomic mass is 9.72. The summed E-state index contributed by atoms with van der Waals surface area (Å²) in [6.45, 7) is 0. The number of fused-ring (bicyclic) bond motifs is 2. The number of H-pyrrole nitrogens is 1. The summed E-state index contributed by atoms with van der Waals surface area (Å²) in [5.74, 6) is 2.81. The van der Waals surface area contributed by atoms with E-state index in [1.807, 2.05) is 24.4 Å². The third-order valence-corrected chi connectivity index (χ3v) is 9.11. The van der Waals surface area contributed by atoms with Crippen molar-refractivity contribution >= 4 is 27.8 Å². The fourth-order valence-corrected chi connectivity index (χ4v) is 6.87. The Morgan fingerprint density at radius 1 is 0.974 bits per heavy atom. The fourth-order valence-electron chi connectivity index (χ4n) is 6.87. The normalized spacial score (nSPS) is 26.3. The maximum absolute atomic E-state index is 14.0. The van der Waals surface area contributed by atoms with Crippen LogP contribution >= 0.6 is 0 Å². The summed E-state index contributed by atoms with van der Waals surface area (Å²) in [6.07, 6.45) is 9.74. The van der Waals surface area contributed by atoms with Crippen molar-refractivity contribution in [1.29, 1.82) is 0 Å². The topological polar surface area (TPSA) is 90.9 Å². The summed E-state index contributed by atoms with van der Waals surface area (Å²) in [5.41, 5.74) is 4.51. The van der Waals surface area contributed by atoms with Crippen molar-refractivity contribution in [1.82, 2.24) is 20.3 Å². The van der Waals surface area contributed by atoms with Crippen molar-refractivity contribution in [2.75, 3.05) is 0 Å². The number of halogens is 1. The summed E-state index contributed by atoms with van der Waals surface area (Å²) in [7, 11) is 0. The molecule has 3 aliphatic carbocycles. The molecule has 7 rings (SSSR count). The molecule has 2 aromatic carbocycles. The number of hydrogen-bond acceptors (Lipinski definition) is 4. The van der Waals surface area contributed by atoms with E-state index < -0.39 is 0 Å². The van der Waals surface area contributed by atoms with Crippen LogP contribution in [0, 0.1) is 17.7 Å². The Balaban J connectivity index is 1.08. The molecule has 2 heterocycles. The lowest BCUT2D eigenvalue weighted by Crippen LogP contribution is -2.46. The Kier molecular flexibility index (Phi) is 5.91. The number of nitrogens with one attached hydrogen (secondary N) is 2. The van der Waals surface area contributed by atoms with Crippen LogP contribution in [0.4, 0.5) is 4.39 Å². The van der Waals surface area contributed by atoms with E-state index >= 15 is 0 Å². The third-order valence-electron chi connectivity index (χ3n) is 9.11. The van der Waals surface area contributed by atoms with Gasteiger partial charge in [0.25, 0.3) is 5.91 Å². The van der Waals surface area contributed by atoms with Gasteiger partial charge in [-0.05, 0) is 117 Å². The largest absolute Gasteiger partial charge is 0.393 e. The number of aromatic nitrogens is 3. The molecule has 196 valence electrons. The number of rotatable bonds is 6. The van der Waals surface area contributed by atoms with Gasteiger partial charge in [-0.1, -0.05) is 0 Å². The smallest absolute Gasteiger partial charge is 0.251 e. The van der Waals surface area contributed by atoms with Crippen molar-refractivity contribution in [2.45, 2.75) is 75.3 Å². The van der Waals surface area contributed by atoms with Gasteiger partial charge in [0.05, 0.1) is 22.7 Å². The number of benzene rings is 2. The molecule has 7 heteroatoms. The highest BCUT2D eigenvalue weighted by atomic mass is 19.1. The van der Waals surface area contributed by atoms with Gasteiger partial charge in [-0.3, -0.25) is 9.78 Å². The van der Waals surface area contributed by atoms with Crippen LogP contribution in [0.3, 0.4) is 0 Å². The molecular formula is C31H33FN4O2. The molecule has 1 unspecified atom stereocenters. The Morgan fingerprint density at radius 3 is 2.47 bits per heavy atom. The molecule has 3 N–H and O–H groups in total. The predicted octanol–water partition coefficient (Wildman–Crippen LogP) is 5.97. The SMILES string of the molecule is O=C(NC1CC(O)C1)c1ccc2[nH]c(C(C3CC3)[C@H]3CC[C@@H](c4ccnc5ccc(F)cc54)CC3)nc2c1. The van der Waals surface area contributed by atoms with E-state index in [4.69, 9.17) is 4.98 Å². The number of hydrogen-bond donors (Lipinski definition) is 3. The molecule has 6 nitrogen and oxygen atoms in total. The maximum Gasteiger partial charge on any atom is 0.251 e. The fraction of sp³-hybridized carbons (Fsp3) is 0.452. The van der Waals surface area contributed by atoms with Crippen LogP contribution < -0.4 is 5.32 Å². The molecule has 1 atom stereocenters. The quantitative estimate of drug-likeness (QED) is 0.297. The Morgan fingerprint density at radius 2 is 1.74 bits per heavy atom. The van der Waals surface area contributed by atoms with Gasteiger partial charge in [-0.15, -0.1) is 0 Å². The van der Waals surface area contributed by atoms with Gasteiger partial charge in [-0.2, -0.15) is 0 Å². The van der Waals surface area contributed by atoms with Crippen molar-refractivity contribution in [2.24, 2.45) is 11.8 Å². The van der Waals surface area contributed by atoms with E-state index in [1.165, 1.54) is 24.5 Å². The van der Waals surface area contributed by atoms with E-state index in [0.717, 1.165) is 53.4 Å². The number of nitrogens with zero attached hydrogens (tertiary/aromatic N) is 2. The molecule has 4 aromatic rings. The molecule has 3 fully saturated rings. The monoisotopic (exact) mass is 512 g/mol. The summed E-state index contributed by atoms with van der Waals surface area (Å²) in [5, 5.41) is 13.5. The third kappa shape index (κ3) is 4.47. The molecule has 2 aromatic heterocycles. The Hall–Kier alpha value is -3.32. The van der Waals surface area contributed by atoms with Crippen LogP contribution in [0.2, 0.25) is 0 Å². The second-order valence-corrected chi connectivity index (χ2v) is 11.7. The number of imidazole rings is 1. The minimum Gasteiger partial charge on any atom is -0.393 e. The highest BCUT2D eigenvalue weighted by Gasteiger charge is 2.41. The highest BCUT2D eigenvalue weighted by Crippen LogP contribution is 2.52. The van der Waals surface area contributed by atoms with Gasteiger partial charge in [0.2, 0.25) is 0 Å². The minimum atomic E-state index is -0.293. The Bertz CT molecular complexity index is 1500. The summed E-state index contributed by atoms with van der Waals surface area (Å²) >= 11 is 0. The first-order valence-electron chi connectivity index (χ1n) is 14.0. The number of aliphatic hydroxyl groups is 1. The van der Waals surface area contributed by atoms with Crippen LogP contribution in [0.25, 0.3) is 21.9 Å². The van der Waals surface area contributed by atoms with Gasteiger partial charge in [0.15, 0.2) is 0 Å². The van der Waals surface area contributed by atoms with Crippen LogP contribution in [0.5, 0.6) is 0 Å². The number of pyridine rings is 1. The van der Waals surface area contributed by atoms with Crippen LogP contribution in [0.1, 0.15) is 84.9 Å². The van der Waals surface area contributed by atoms with Gasteiger partial charge in [-0.25, -0.2) is 9.37 Å². The molecular weight excluding hydrogens is 479 g/mol. The number of carbonyl (C=O) groups is 1. The predicted molar refractivity (Wildman–Crippen MR) is 144 cm³/mol. The zero-order valence-electron chi connectivity index (χ0n) is 21.4. The van der Waals surface area contributed by atoms with E-state index in [9.17, 15) is 14.3 Å². The van der Waals surface area contributed by atoms with Gasteiger partial charge in [0.1, 0.15) is 11.6 Å². The van der Waals surface area contributed by atoms with Crippen molar-refractivity contribution in [3.63, 3.8) is 0 Å². The molecule has 3 aliphatic rings. The summed E-state index contributed by atoms with van der Waals surface area (Å²) in [6, 6.07) is 12.7. The second kappa shape index (κ2) is 9.45. The average Bonchev–Trinajstić information content (AvgIpc) is 3.65. The van der Waals surface area contributed by atoms with Gasteiger partial charge in [0, 0.05) is 29.1 Å². The Labute approximate surface area is 221 Å². The zero-order chi connectivity index (χ0) is 25.8. The van der Waals surface area contributed by atoms with Crippen molar-refractivity contribution in [3.8, 4) is 0 Å². The molecule has 0 radical (unpaired) electrons. The lowest BCUT2D eigenvalue weighted by molar-refractivity contribution is 0.0562. The first kappa shape index (κ1) is 23.8. The molecule has 0 bridgehead atoms. The van der Waals surface area contributed by atoms with Gasteiger partial charge >= 0.3 is 0 Å². The highest BCUT2D eigenvalue weighted by molar-refractivity contribution is 5.97. The lowest BCUT2D eigenvalue weighted by Gasteiger charge is -2.34. The van der Waals surface area contributed by atoms with E-state index in [1.54, 1.807) is 12.1 Å². The number of aliphatic hydroxyl groups excluding tert-OH is 1. The minimum absolute atomic E-state index is 0.0569. The molecule has 0 spiro atoms. The molecule has 0 aliphatic heterocycles. The summed E-state index contributed by atoms with van der Waals surface area (Å²) < 4.78 is 14.0. The van der Waals surface area contributed by atoms with E-state index in [-0.39, 0.29) is 23.9 Å². The van der Waals surface area contributed by atoms with Gasteiger partial charge < -0.3 is 15.4 Å². The number of amides is 1. The average molecular weight is 513 g/mol. The summed E-state index contributed by atoms with van der Waals surface area (Å²) in [4.78, 5) is 25.8. The maximum atomic E-state index is 14.0. The molecule has 0 saturated heterocycles. The number of aromatic amines is 1. The van der Waals surface area contributed by atoms with E-state index in [0.29, 0.717) is 42.1 Å². The zero-order valence-corrected chi connectivity index (χ0v) is 21.4. The second-order valence-electron chi connectivity index (χ2n) is 11.7.